The Morgan fingerprint density at radius 3 is 2.27 bits per heavy atom. The fourth-order valence-electron chi connectivity index (χ4n) is 2.44. The molecule has 1 saturated carbocycles. The van der Waals surface area contributed by atoms with Crippen molar-refractivity contribution in [2.24, 2.45) is 11.1 Å². The summed E-state index contributed by atoms with van der Waals surface area (Å²) in [6.07, 6.45) is 7.01. The summed E-state index contributed by atoms with van der Waals surface area (Å²) in [7, 11) is 2.26. The highest BCUT2D eigenvalue weighted by Gasteiger charge is 2.27. The van der Waals surface area contributed by atoms with Crippen LogP contribution in [0.3, 0.4) is 0 Å². The Hall–Kier alpha value is -0.0800. The second-order valence-electron chi connectivity index (χ2n) is 5.98. The van der Waals surface area contributed by atoms with Crippen molar-refractivity contribution in [2.75, 3.05) is 13.6 Å². The highest BCUT2D eigenvalue weighted by molar-refractivity contribution is 4.83. The fraction of sp³-hybridized carbons (Fsp3) is 1.00. The van der Waals surface area contributed by atoms with E-state index in [1.165, 1.54) is 32.1 Å². The molecule has 0 aliphatic heterocycles. The van der Waals surface area contributed by atoms with Crippen LogP contribution >= 0.6 is 0 Å². The van der Waals surface area contributed by atoms with Crippen LogP contribution in [-0.4, -0.2) is 30.6 Å². The first-order valence-electron chi connectivity index (χ1n) is 6.39. The highest BCUT2D eigenvalue weighted by atomic mass is 15.1. The van der Waals surface area contributed by atoms with E-state index in [2.05, 4.69) is 32.7 Å². The van der Waals surface area contributed by atoms with Crippen LogP contribution in [0.15, 0.2) is 0 Å². The second kappa shape index (κ2) is 5.31. The van der Waals surface area contributed by atoms with Crippen LogP contribution in [0.5, 0.6) is 0 Å². The summed E-state index contributed by atoms with van der Waals surface area (Å²) in [5.41, 5.74) is 6.25. The van der Waals surface area contributed by atoms with E-state index in [4.69, 9.17) is 5.73 Å². The molecule has 2 heteroatoms. The van der Waals surface area contributed by atoms with Gasteiger partial charge in [0, 0.05) is 18.6 Å². The summed E-state index contributed by atoms with van der Waals surface area (Å²) in [6, 6.07) is 1.07. The average molecular weight is 212 g/mol. The fourth-order valence-corrected chi connectivity index (χ4v) is 2.44. The largest absolute Gasteiger partial charge is 0.327 e. The van der Waals surface area contributed by atoms with E-state index >= 15 is 0 Å². The van der Waals surface area contributed by atoms with Gasteiger partial charge in [-0.3, -0.25) is 0 Å². The summed E-state index contributed by atoms with van der Waals surface area (Å²) in [6.45, 7) is 7.79. The topological polar surface area (TPSA) is 29.3 Å². The van der Waals surface area contributed by atoms with Crippen molar-refractivity contribution in [2.45, 2.75) is 65.0 Å². The molecule has 1 unspecified atom stereocenters. The molecule has 1 fully saturated rings. The van der Waals surface area contributed by atoms with E-state index in [-0.39, 0.29) is 11.5 Å². The maximum Gasteiger partial charge on any atom is 0.00924 e. The Bertz CT molecular complexity index is 181. The quantitative estimate of drug-likeness (QED) is 0.776. The SMILES string of the molecule is CC(N)C(C)(C)CN(C)C1CCCCC1. The van der Waals surface area contributed by atoms with E-state index in [0.717, 1.165) is 12.6 Å². The molecule has 15 heavy (non-hydrogen) atoms. The first-order chi connectivity index (χ1) is 6.93. The molecule has 0 bridgehead atoms. The van der Waals surface area contributed by atoms with Crippen molar-refractivity contribution in [3.8, 4) is 0 Å². The minimum absolute atomic E-state index is 0.228. The van der Waals surface area contributed by atoms with E-state index in [1.807, 2.05) is 0 Å². The van der Waals surface area contributed by atoms with Crippen molar-refractivity contribution < 1.29 is 0 Å². The minimum atomic E-state index is 0.228. The van der Waals surface area contributed by atoms with Crippen molar-refractivity contribution in [3.63, 3.8) is 0 Å². The zero-order valence-electron chi connectivity index (χ0n) is 10.9. The van der Waals surface area contributed by atoms with Crippen molar-refractivity contribution >= 4 is 0 Å². The molecule has 1 aliphatic carbocycles. The summed E-state index contributed by atoms with van der Waals surface area (Å²) < 4.78 is 0. The smallest absolute Gasteiger partial charge is 0.00924 e. The number of rotatable bonds is 4. The molecule has 0 saturated heterocycles. The lowest BCUT2D eigenvalue weighted by Gasteiger charge is -2.39. The summed E-state index contributed by atoms with van der Waals surface area (Å²) in [5.74, 6) is 0. The molecule has 0 spiro atoms. The van der Waals surface area contributed by atoms with Gasteiger partial charge < -0.3 is 10.6 Å². The van der Waals surface area contributed by atoms with Crippen LogP contribution in [0.25, 0.3) is 0 Å². The molecule has 0 radical (unpaired) electrons. The lowest BCUT2D eigenvalue weighted by molar-refractivity contribution is 0.119. The summed E-state index contributed by atoms with van der Waals surface area (Å²) in [5, 5.41) is 0. The van der Waals surface area contributed by atoms with Crippen molar-refractivity contribution in [1.82, 2.24) is 4.90 Å². The first-order valence-corrected chi connectivity index (χ1v) is 6.39. The molecule has 0 aromatic rings. The average Bonchev–Trinajstić information content (AvgIpc) is 2.18. The molecule has 1 rings (SSSR count). The summed E-state index contributed by atoms with van der Waals surface area (Å²) in [4.78, 5) is 2.53. The van der Waals surface area contributed by atoms with Gasteiger partial charge in [0.25, 0.3) is 0 Å². The maximum absolute atomic E-state index is 6.02. The Balaban J connectivity index is 2.42. The van der Waals surface area contributed by atoms with Gasteiger partial charge in [-0.05, 0) is 32.2 Å². The van der Waals surface area contributed by atoms with Gasteiger partial charge in [0.1, 0.15) is 0 Å². The Kier molecular flexibility index (Phi) is 4.60. The lowest BCUT2D eigenvalue weighted by Crippen LogP contribution is -2.46. The van der Waals surface area contributed by atoms with Gasteiger partial charge in [-0.25, -0.2) is 0 Å². The summed E-state index contributed by atoms with van der Waals surface area (Å²) >= 11 is 0. The molecule has 2 N–H and O–H groups in total. The van der Waals surface area contributed by atoms with E-state index in [9.17, 15) is 0 Å². The molecular weight excluding hydrogens is 184 g/mol. The molecule has 90 valence electrons. The van der Waals surface area contributed by atoms with E-state index in [0.29, 0.717) is 0 Å². The van der Waals surface area contributed by atoms with Gasteiger partial charge in [-0.1, -0.05) is 33.1 Å². The maximum atomic E-state index is 6.02. The zero-order valence-corrected chi connectivity index (χ0v) is 10.9. The predicted molar refractivity (Wildman–Crippen MR) is 66.9 cm³/mol. The highest BCUT2D eigenvalue weighted by Crippen LogP contribution is 2.26. The van der Waals surface area contributed by atoms with Gasteiger partial charge in [-0.2, -0.15) is 0 Å². The van der Waals surface area contributed by atoms with Crippen LogP contribution in [-0.2, 0) is 0 Å². The van der Waals surface area contributed by atoms with Crippen LogP contribution in [0.2, 0.25) is 0 Å². The second-order valence-corrected chi connectivity index (χ2v) is 5.98. The van der Waals surface area contributed by atoms with Crippen molar-refractivity contribution in [3.05, 3.63) is 0 Å². The van der Waals surface area contributed by atoms with Crippen LogP contribution in [0.4, 0.5) is 0 Å². The molecule has 0 amide bonds. The van der Waals surface area contributed by atoms with Crippen LogP contribution in [0, 0.1) is 5.41 Å². The number of nitrogens with two attached hydrogens (primary N) is 1. The third-order valence-electron chi connectivity index (χ3n) is 4.09. The Morgan fingerprint density at radius 2 is 1.80 bits per heavy atom. The first kappa shape index (κ1) is 13.0. The van der Waals surface area contributed by atoms with Crippen LogP contribution < -0.4 is 5.73 Å². The normalized spacial score (nSPS) is 22.0. The standard InChI is InChI=1S/C13H28N2/c1-11(14)13(2,3)10-15(4)12-8-6-5-7-9-12/h11-12H,5-10,14H2,1-4H3. The molecule has 0 aromatic carbocycles. The Labute approximate surface area is 95.2 Å². The van der Waals surface area contributed by atoms with Gasteiger partial charge in [-0.15, -0.1) is 0 Å². The van der Waals surface area contributed by atoms with Gasteiger partial charge >= 0.3 is 0 Å². The predicted octanol–water partition coefficient (Wildman–Crippen LogP) is 2.62. The Morgan fingerprint density at radius 1 is 1.27 bits per heavy atom. The molecular formula is C13H28N2. The molecule has 0 aromatic heterocycles. The number of hydrogen-bond donors (Lipinski definition) is 1. The van der Waals surface area contributed by atoms with Gasteiger partial charge in [0.15, 0.2) is 0 Å². The monoisotopic (exact) mass is 212 g/mol. The van der Waals surface area contributed by atoms with E-state index in [1.54, 1.807) is 0 Å². The molecule has 1 atom stereocenters. The van der Waals surface area contributed by atoms with E-state index < -0.39 is 0 Å². The zero-order chi connectivity index (χ0) is 11.5. The van der Waals surface area contributed by atoms with Crippen LogP contribution in [0.1, 0.15) is 52.9 Å². The molecule has 0 heterocycles. The number of hydrogen-bond acceptors (Lipinski definition) is 2. The third kappa shape index (κ3) is 3.76. The molecule has 1 aliphatic rings. The lowest BCUT2D eigenvalue weighted by atomic mass is 9.84. The number of nitrogens with zero attached hydrogens (tertiary/aromatic N) is 1. The van der Waals surface area contributed by atoms with Crippen molar-refractivity contribution in [1.29, 1.82) is 0 Å². The van der Waals surface area contributed by atoms with Gasteiger partial charge in [0.05, 0.1) is 0 Å². The molecule has 2 nitrogen and oxygen atoms in total. The minimum Gasteiger partial charge on any atom is -0.327 e. The third-order valence-corrected chi connectivity index (χ3v) is 4.09. The van der Waals surface area contributed by atoms with Gasteiger partial charge in [0.2, 0.25) is 0 Å².